The number of halogens is 2. The van der Waals surface area contributed by atoms with Crippen molar-refractivity contribution in [3.05, 3.63) is 51.1 Å². The van der Waals surface area contributed by atoms with Gasteiger partial charge >= 0.3 is 5.97 Å². The van der Waals surface area contributed by atoms with E-state index in [1.807, 2.05) is 0 Å². The fraction of sp³-hybridized carbons (Fsp3) is 0.0769. The first-order valence-electron chi connectivity index (χ1n) is 5.31. The lowest BCUT2D eigenvalue weighted by Gasteiger charge is -2.10. The number of aromatic carboxylic acids is 1. The average molecular weight is 343 g/mol. The van der Waals surface area contributed by atoms with E-state index in [0.29, 0.717) is 16.5 Å². The van der Waals surface area contributed by atoms with Gasteiger partial charge in [-0.1, -0.05) is 27.5 Å². The lowest BCUT2D eigenvalue weighted by atomic mass is 10.2. The summed E-state index contributed by atoms with van der Waals surface area (Å²) in [5.41, 5.74) is 0.646. The number of nitrogens with zero attached hydrogens (tertiary/aromatic N) is 1. The quantitative estimate of drug-likeness (QED) is 0.903. The first-order valence-corrected chi connectivity index (χ1v) is 6.48. The topological polar surface area (TPSA) is 59.4 Å². The number of ether oxygens (including phenoxy) is 1. The van der Waals surface area contributed by atoms with Crippen molar-refractivity contribution in [2.24, 2.45) is 0 Å². The van der Waals surface area contributed by atoms with Crippen LogP contribution in [0.25, 0.3) is 0 Å². The minimum absolute atomic E-state index is 0.0124. The van der Waals surface area contributed by atoms with Crippen LogP contribution in [-0.4, -0.2) is 16.1 Å². The van der Waals surface area contributed by atoms with Gasteiger partial charge in [0.15, 0.2) is 0 Å². The number of hydrogen-bond acceptors (Lipinski definition) is 3. The molecule has 98 valence electrons. The van der Waals surface area contributed by atoms with E-state index >= 15 is 0 Å². The third-order valence-corrected chi connectivity index (χ3v) is 3.14. The number of carboxylic acid groups (broad SMARTS) is 1. The molecule has 1 heterocycles. The predicted molar refractivity (Wildman–Crippen MR) is 75.2 cm³/mol. The number of aryl methyl sites for hydroxylation is 1. The summed E-state index contributed by atoms with van der Waals surface area (Å²) < 4.78 is 6.28. The second kappa shape index (κ2) is 5.59. The number of rotatable bonds is 3. The third kappa shape index (κ3) is 3.24. The second-order valence-electron chi connectivity index (χ2n) is 3.79. The van der Waals surface area contributed by atoms with Crippen LogP contribution in [0.4, 0.5) is 0 Å². The Morgan fingerprint density at radius 2 is 2.11 bits per heavy atom. The molecular formula is C13H9BrClNO3. The van der Waals surface area contributed by atoms with Crippen LogP contribution in [0, 0.1) is 6.92 Å². The Morgan fingerprint density at radius 3 is 2.79 bits per heavy atom. The van der Waals surface area contributed by atoms with E-state index in [-0.39, 0.29) is 11.4 Å². The average Bonchev–Trinajstić information content (AvgIpc) is 2.33. The smallest absolute Gasteiger partial charge is 0.341 e. The Hall–Kier alpha value is -1.59. The van der Waals surface area contributed by atoms with E-state index in [1.165, 1.54) is 6.07 Å². The van der Waals surface area contributed by atoms with E-state index < -0.39 is 5.97 Å². The van der Waals surface area contributed by atoms with Crippen LogP contribution in [-0.2, 0) is 0 Å². The molecule has 0 aliphatic carbocycles. The molecule has 1 aromatic carbocycles. The first kappa shape index (κ1) is 13.8. The highest BCUT2D eigenvalue weighted by Gasteiger charge is 2.15. The van der Waals surface area contributed by atoms with Crippen molar-refractivity contribution in [1.82, 2.24) is 4.98 Å². The molecule has 1 aromatic heterocycles. The summed E-state index contributed by atoms with van der Waals surface area (Å²) in [4.78, 5) is 15.2. The Bertz CT molecular complexity index is 646. The minimum atomic E-state index is -1.10. The van der Waals surface area contributed by atoms with Crippen molar-refractivity contribution in [3.63, 3.8) is 0 Å². The molecule has 1 N–H and O–H groups in total. The van der Waals surface area contributed by atoms with Gasteiger partial charge in [-0.25, -0.2) is 9.78 Å². The lowest BCUT2D eigenvalue weighted by molar-refractivity contribution is 0.0693. The van der Waals surface area contributed by atoms with Crippen LogP contribution < -0.4 is 4.74 Å². The van der Waals surface area contributed by atoms with Crippen molar-refractivity contribution in [2.45, 2.75) is 6.92 Å². The van der Waals surface area contributed by atoms with Gasteiger partial charge in [-0.2, -0.15) is 0 Å². The lowest BCUT2D eigenvalue weighted by Crippen LogP contribution is -2.03. The van der Waals surface area contributed by atoms with Gasteiger partial charge in [0.25, 0.3) is 0 Å². The molecule has 0 atom stereocenters. The van der Waals surface area contributed by atoms with E-state index in [1.54, 1.807) is 31.2 Å². The van der Waals surface area contributed by atoms with Gasteiger partial charge in [0, 0.05) is 10.2 Å². The molecule has 6 heteroatoms. The largest absolute Gasteiger partial charge is 0.477 e. The second-order valence-corrected chi connectivity index (χ2v) is 5.11. The number of hydrogen-bond donors (Lipinski definition) is 1. The first-order chi connectivity index (χ1) is 8.97. The molecule has 0 radical (unpaired) electrons. The van der Waals surface area contributed by atoms with Crippen LogP contribution in [0.5, 0.6) is 11.6 Å². The number of carbonyl (C=O) groups is 1. The maximum atomic E-state index is 11.1. The van der Waals surface area contributed by atoms with E-state index in [4.69, 9.17) is 21.4 Å². The Labute approximate surface area is 123 Å². The van der Waals surface area contributed by atoms with Crippen molar-refractivity contribution in [1.29, 1.82) is 0 Å². The molecule has 0 bridgehead atoms. The van der Waals surface area contributed by atoms with Gasteiger partial charge in [-0.05, 0) is 37.3 Å². The van der Waals surface area contributed by atoms with Crippen molar-refractivity contribution >= 4 is 33.5 Å². The van der Waals surface area contributed by atoms with Gasteiger partial charge in [0.1, 0.15) is 11.3 Å². The summed E-state index contributed by atoms with van der Waals surface area (Å²) in [6.45, 7) is 1.75. The molecular weight excluding hydrogens is 334 g/mol. The highest BCUT2D eigenvalue weighted by atomic mass is 79.9. The monoisotopic (exact) mass is 341 g/mol. The zero-order chi connectivity index (χ0) is 14.0. The molecule has 0 aliphatic rings. The van der Waals surface area contributed by atoms with E-state index in [0.717, 1.165) is 4.47 Å². The molecule has 0 aliphatic heterocycles. The summed E-state index contributed by atoms with van der Waals surface area (Å²) in [5, 5.41) is 9.47. The van der Waals surface area contributed by atoms with Gasteiger partial charge < -0.3 is 9.84 Å². The molecule has 0 spiro atoms. The predicted octanol–water partition coefficient (Wildman–Crippen LogP) is 4.30. The summed E-state index contributed by atoms with van der Waals surface area (Å²) in [5.74, 6) is -0.738. The fourth-order valence-corrected chi connectivity index (χ4v) is 1.93. The normalized spacial score (nSPS) is 10.3. The number of carboxylic acids is 1. The van der Waals surface area contributed by atoms with Crippen LogP contribution in [0.1, 0.15) is 16.1 Å². The van der Waals surface area contributed by atoms with Crippen LogP contribution in [0.3, 0.4) is 0 Å². The van der Waals surface area contributed by atoms with Crippen LogP contribution in [0.2, 0.25) is 5.02 Å². The third-order valence-electron chi connectivity index (χ3n) is 2.33. The number of aromatic nitrogens is 1. The van der Waals surface area contributed by atoms with Crippen molar-refractivity contribution in [2.75, 3.05) is 0 Å². The van der Waals surface area contributed by atoms with Crippen molar-refractivity contribution < 1.29 is 14.6 Å². The molecule has 2 aromatic rings. The van der Waals surface area contributed by atoms with Gasteiger partial charge in [-0.3, -0.25) is 0 Å². The van der Waals surface area contributed by atoms with Gasteiger partial charge in [0.2, 0.25) is 5.88 Å². The van der Waals surface area contributed by atoms with Crippen molar-refractivity contribution in [3.8, 4) is 11.6 Å². The Morgan fingerprint density at radius 1 is 1.37 bits per heavy atom. The fourth-order valence-electron chi connectivity index (χ4n) is 1.43. The molecule has 0 unspecified atom stereocenters. The molecule has 4 nitrogen and oxygen atoms in total. The van der Waals surface area contributed by atoms with E-state index in [9.17, 15) is 4.79 Å². The standard InChI is InChI=1S/C13H9BrClNO3/c1-7-2-4-9(13(17)18)12(16-7)19-11-6-8(14)3-5-10(11)15/h2-6H,1H3,(H,17,18). The van der Waals surface area contributed by atoms with Gasteiger partial charge in [-0.15, -0.1) is 0 Å². The summed E-state index contributed by atoms with van der Waals surface area (Å²) in [7, 11) is 0. The SMILES string of the molecule is Cc1ccc(C(=O)O)c(Oc2cc(Br)ccc2Cl)n1. The van der Waals surface area contributed by atoms with E-state index in [2.05, 4.69) is 20.9 Å². The molecule has 2 rings (SSSR count). The zero-order valence-electron chi connectivity index (χ0n) is 9.85. The van der Waals surface area contributed by atoms with Crippen LogP contribution >= 0.6 is 27.5 Å². The maximum absolute atomic E-state index is 11.1. The molecule has 0 amide bonds. The Kier molecular flexibility index (Phi) is 4.07. The molecule has 0 fully saturated rings. The summed E-state index contributed by atoms with van der Waals surface area (Å²) in [6, 6.07) is 8.12. The number of pyridine rings is 1. The van der Waals surface area contributed by atoms with Gasteiger partial charge in [0.05, 0.1) is 5.02 Å². The minimum Gasteiger partial charge on any atom is -0.477 e. The summed E-state index contributed by atoms with van der Waals surface area (Å²) in [6.07, 6.45) is 0. The summed E-state index contributed by atoms with van der Waals surface area (Å²) >= 11 is 9.29. The highest BCUT2D eigenvalue weighted by molar-refractivity contribution is 9.10. The highest BCUT2D eigenvalue weighted by Crippen LogP contribution is 2.32. The van der Waals surface area contributed by atoms with Crippen LogP contribution in [0.15, 0.2) is 34.8 Å². The zero-order valence-corrected chi connectivity index (χ0v) is 12.2. The number of benzene rings is 1. The molecule has 0 saturated carbocycles. The molecule has 19 heavy (non-hydrogen) atoms. The Balaban J connectivity index is 2.45. The molecule has 0 saturated heterocycles. The maximum Gasteiger partial charge on any atom is 0.341 e.